The second kappa shape index (κ2) is 4.87. The number of aromatic carboxylic acids is 1. The molecule has 0 bridgehead atoms. The number of aromatic nitrogens is 1. The number of nitrogens with one attached hydrogen (secondary N) is 1. The number of rotatable bonds is 6. The highest BCUT2D eigenvalue weighted by Gasteiger charge is 2.34. The second-order valence-electron chi connectivity index (χ2n) is 4.79. The van der Waals surface area contributed by atoms with E-state index >= 15 is 0 Å². The third kappa shape index (κ3) is 2.66. The fourth-order valence-corrected chi connectivity index (χ4v) is 2.28. The van der Waals surface area contributed by atoms with Gasteiger partial charge in [-0.1, -0.05) is 18.5 Å². The Labute approximate surface area is 100 Å². The summed E-state index contributed by atoms with van der Waals surface area (Å²) in [6.07, 6.45) is 5.08. The van der Waals surface area contributed by atoms with Gasteiger partial charge in [-0.05, 0) is 24.7 Å². The minimum absolute atomic E-state index is 0.0318. The lowest BCUT2D eigenvalue weighted by molar-refractivity contribution is 0.0685. The third-order valence-electron chi connectivity index (χ3n) is 3.74. The molecule has 0 aliphatic heterocycles. The van der Waals surface area contributed by atoms with Gasteiger partial charge in [0.15, 0.2) is 11.5 Å². The molecule has 1 saturated carbocycles. The number of hydrogen-bond acceptors (Lipinski definition) is 4. The van der Waals surface area contributed by atoms with Crippen molar-refractivity contribution in [2.75, 3.05) is 6.54 Å². The first kappa shape index (κ1) is 12.1. The van der Waals surface area contributed by atoms with Crippen LogP contribution in [-0.4, -0.2) is 22.8 Å². The highest BCUT2D eigenvalue weighted by Crippen LogP contribution is 2.43. The Hall–Kier alpha value is -1.36. The van der Waals surface area contributed by atoms with Gasteiger partial charge in [0.1, 0.15) is 0 Å². The third-order valence-corrected chi connectivity index (χ3v) is 3.74. The van der Waals surface area contributed by atoms with E-state index in [1.54, 1.807) is 0 Å². The van der Waals surface area contributed by atoms with Crippen LogP contribution in [0.25, 0.3) is 0 Å². The van der Waals surface area contributed by atoms with Crippen molar-refractivity contribution in [1.29, 1.82) is 0 Å². The summed E-state index contributed by atoms with van der Waals surface area (Å²) >= 11 is 0. The predicted molar refractivity (Wildman–Crippen MR) is 61.7 cm³/mol. The lowest BCUT2D eigenvalue weighted by Crippen LogP contribution is -2.39. The number of nitrogens with zero attached hydrogens (tertiary/aromatic N) is 1. The molecule has 5 nitrogen and oxygen atoms in total. The van der Waals surface area contributed by atoms with Gasteiger partial charge in [-0.2, -0.15) is 0 Å². The summed E-state index contributed by atoms with van der Waals surface area (Å²) in [6, 6.07) is 1.47. The van der Waals surface area contributed by atoms with E-state index in [-0.39, 0.29) is 5.69 Å². The number of carboxylic acid groups (broad SMARTS) is 1. The molecule has 1 aliphatic carbocycles. The SMILES string of the molecule is CCC1(CNCc2cc(C(=O)O)no2)CCC1. The van der Waals surface area contributed by atoms with Crippen molar-refractivity contribution >= 4 is 5.97 Å². The minimum Gasteiger partial charge on any atom is -0.476 e. The molecule has 1 aromatic rings. The second-order valence-corrected chi connectivity index (χ2v) is 4.79. The summed E-state index contributed by atoms with van der Waals surface area (Å²) < 4.78 is 4.93. The molecular weight excluding hydrogens is 220 g/mol. The highest BCUT2D eigenvalue weighted by molar-refractivity contribution is 5.85. The summed E-state index contributed by atoms with van der Waals surface area (Å²) in [5.41, 5.74) is 0.422. The van der Waals surface area contributed by atoms with Gasteiger partial charge < -0.3 is 14.9 Å². The van der Waals surface area contributed by atoms with Crippen LogP contribution >= 0.6 is 0 Å². The van der Waals surface area contributed by atoms with Crippen LogP contribution < -0.4 is 5.32 Å². The van der Waals surface area contributed by atoms with Crippen LogP contribution in [0.3, 0.4) is 0 Å². The van der Waals surface area contributed by atoms with Gasteiger partial charge in [-0.15, -0.1) is 0 Å². The number of carbonyl (C=O) groups is 1. The lowest BCUT2D eigenvalue weighted by atomic mass is 9.67. The highest BCUT2D eigenvalue weighted by atomic mass is 16.5. The number of hydrogen-bond donors (Lipinski definition) is 2. The van der Waals surface area contributed by atoms with Crippen LogP contribution in [0.5, 0.6) is 0 Å². The zero-order valence-electron chi connectivity index (χ0n) is 10.0. The Morgan fingerprint density at radius 1 is 1.65 bits per heavy atom. The van der Waals surface area contributed by atoms with Crippen LogP contribution in [0.2, 0.25) is 0 Å². The van der Waals surface area contributed by atoms with E-state index in [9.17, 15) is 4.79 Å². The zero-order chi connectivity index (χ0) is 12.3. The largest absolute Gasteiger partial charge is 0.476 e. The van der Waals surface area contributed by atoms with Crippen molar-refractivity contribution in [3.05, 3.63) is 17.5 Å². The van der Waals surface area contributed by atoms with Crippen molar-refractivity contribution in [2.45, 2.75) is 39.2 Å². The van der Waals surface area contributed by atoms with Crippen LogP contribution in [0, 0.1) is 5.41 Å². The van der Waals surface area contributed by atoms with Gasteiger partial charge in [-0.25, -0.2) is 4.79 Å². The first-order chi connectivity index (χ1) is 8.15. The van der Waals surface area contributed by atoms with E-state index in [1.807, 2.05) is 0 Å². The summed E-state index contributed by atoms with van der Waals surface area (Å²) in [6.45, 7) is 3.73. The fraction of sp³-hybridized carbons (Fsp3) is 0.667. The minimum atomic E-state index is -1.05. The van der Waals surface area contributed by atoms with Crippen LogP contribution in [0.15, 0.2) is 10.6 Å². The maximum absolute atomic E-state index is 10.6. The molecule has 5 heteroatoms. The molecule has 0 unspecified atom stereocenters. The number of carboxylic acids is 1. The molecular formula is C12H18N2O3. The standard InChI is InChI=1S/C12H18N2O3/c1-2-12(4-3-5-12)8-13-7-9-6-10(11(15)16)14-17-9/h6,13H,2-5,7-8H2,1H3,(H,15,16). The zero-order valence-corrected chi connectivity index (χ0v) is 10.0. The van der Waals surface area contributed by atoms with Crippen molar-refractivity contribution in [2.24, 2.45) is 5.41 Å². The Morgan fingerprint density at radius 3 is 2.88 bits per heavy atom. The predicted octanol–water partition coefficient (Wildman–Crippen LogP) is 2.04. The molecule has 0 radical (unpaired) electrons. The summed E-state index contributed by atoms with van der Waals surface area (Å²) in [5, 5.41) is 15.5. The monoisotopic (exact) mass is 238 g/mol. The summed E-state index contributed by atoms with van der Waals surface area (Å²) in [5.74, 6) is -0.475. The Bertz CT molecular complexity index is 391. The van der Waals surface area contributed by atoms with E-state index in [0.29, 0.717) is 17.7 Å². The van der Waals surface area contributed by atoms with Crippen LogP contribution in [0.4, 0.5) is 0 Å². The molecule has 2 N–H and O–H groups in total. The van der Waals surface area contributed by atoms with Gasteiger partial charge in [0.05, 0.1) is 6.54 Å². The lowest BCUT2D eigenvalue weighted by Gasteiger charge is -2.41. The van der Waals surface area contributed by atoms with E-state index in [2.05, 4.69) is 17.4 Å². The summed E-state index contributed by atoms with van der Waals surface area (Å²) in [4.78, 5) is 10.6. The Balaban J connectivity index is 1.79. The van der Waals surface area contributed by atoms with Gasteiger partial charge >= 0.3 is 5.97 Å². The average molecular weight is 238 g/mol. The average Bonchev–Trinajstić information content (AvgIpc) is 2.71. The molecule has 17 heavy (non-hydrogen) atoms. The Kier molecular flexibility index (Phi) is 3.47. The molecule has 0 spiro atoms. The molecule has 0 atom stereocenters. The van der Waals surface area contributed by atoms with Gasteiger partial charge in [-0.3, -0.25) is 0 Å². The topological polar surface area (TPSA) is 75.4 Å². The van der Waals surface area contributed by atoms with Crippen LogP contribution in [-0.2, 0) is 6.54 Å². The molecule has 1 aliphatic rings. The van der Waals surface area contributed by atoms with Crippen molar-refractivity contribution < 1.29 is 14.4 Å². The van der Waals surface area contributed by atoms with E-state index < -0.39 is 5.97 Å². The van der Waals surface area contributed by atoms with Crippen molar-refractivity contribution in [3.63, 3.8) is 0 Å². The van der Waals surface area contributed by atoms with Gasteiger partial charge in [0.2, 0.25) is 0 Å². The summed E-state index contributed by atoms with van der Waals surface area (Å²) in [7, 11) is 0. The van der Waals surface area contributed by atoms with E-state index in [4.69, 9.17) is 9.63 Å². The molecule has 1 fully saturated rings. The molecule has 0 saturated heterocycles. The fourth-order valence-electron chi connectivity index (χ4n) is 2.28. The van der Waals surface area contributed by atoms with Crippen molar-refractivity contribution in [1.82, 2.24) is 10.5 Å². The first-order valence-corrected chi connectivity index (χ1v) is 6.05. The molecule has 0 amide bonds. The smallest absolute Gasteiger partial charge is 0.358 e. The molecule has 94 valence electrons. The van der Waals surface area contributed by atoms with Gasteiger partial charge in [0.25, 0.3) is 0 Å². The molecule has 0 aromatic carbocycles. The quantitative estimate of drug-likeness (QED) is 0.793. The first-order valence-electron chi connectivity index (χ1n) is 6.05. The van der Waals surface area contributed by atoms with E-state index in [0.717, 1.165) is 6.54 Å². The maximum Gasteiger partial charge on any atom is 0.358 e. The molecule has 2 rings (SSSR count). The normalized spacial score (nSPS) is 17.7. The van der Waals surface area contributed by atoms with Crippen LogP contribution in [0.1, 0.15) is 48.9 Å². The maximum atomic E-state index is 10.6. The molecule has 1 heterocycles. The van der Waals surface area contributed by atoms with Gasteiger partial charge in [0, 0.05) is 12.6 Å². The Morgan fingerprint density at radius 2 is 2.41 bits per heavy atom. The molecule has 1 aromatic heterocycles. The van der Waals surface area contributed by atoms with Crippen molar-refractivity contribution in [3.8, 4) is 0 Å². The van der Waals surface area contributed by atoms with E-state index in [1.165, 1.54) is 31.7 Å².